The third kappa shape index (κ3) is 8.71. The maximum Gasteiger partial charge on any atom is 0.147 e. The van der Waals surface area contributed by atoms with Crippen LogP contribution in [0.4, 0.5) is 0 Å². The second kappa shape index (κ2) is 13.4. The van der Waals surface area contributed by atoms with E-state index in [2.05, 4.69) is 9.80 Å². The number of thiocarbonyl (C=S) groups is 2. The second-order valence-electron chi connectivity index (χ2n) is 6.14. The molecule has 2 rings (SSSR count). The fraction of sp³-hybridized carbons (Fsp3) is 0.875. The van der Waals surface area contributed by atoms with Gasteiger partial charge in [0.1, 0.15) is 8.64 Å². The highest BCUT2D eigenvalue weighted by Crippen LogP contribution is 2.29. The Bertz CT molecular complexity index is 345. The van der Waals surface area contributed by atoms with Crippen LogP contribution >= 0.6 is 67.6 Å². The van der Waals surface area contributed by atoms with Gasteiger partial charge in [-0.05, 0) is 60.1 Å². The molecule has 0 N–H and O–H groups in total. The van der Waals surface area contributed by atoms with E-state index in [-0.39, 0.29) is 0 Å². The molecule has 2 aliphatic heterocycles. The Morgan fingerprint density at radius 1 is 0.625 bits per heavy atom. The molecule has 0 aromatic heterocycles. The summed E-state index contributed by atoms with van der Waals surface area (Å²) in [5, 5.41) is 0. The van der Waals surface area contributed by atoms with Crippen molar-refractivity contribution in [3.8, 4) is 0 Å². The Kier molecular flexibility index (Phi) is 12.0. The number of unbranched alkanes of at least 4 members (excludes halogenated alkanes) is 3. The maximum atomic E-state index is 5.47. The highest BCUT2D eigenvalue weighted by atomic mass is 33.1. The summed E-state index contributed by atoms with van der Waals surface area (Å²) in [6.07, 6.45) is 10.5. The summed E-state index contributed by atoms with van der Waals surface area (Å²) in [6.45, 7) is 4.68. The van der Waals surface area contributed by atoms with Crippen molar-refractivity contribution >= 4 is 76.3 Å². The van der Waals surface area contributed by atoms with Gasteiger partial charge >= 0.3 is 0 Å². The van der Waals surface area contributed by atoms with Gasteiger partial charge in [0.15, 0.2) is 0 Å². The average Bonchev–Trinajstić information content (AvgIpc) is 3.29. The van der Waals surface area contributed by atoms with Crippen molar-refractivity contribution in [1.82, 2.24) is 9.80 Å². The van der Waals surface area contributed by atoms with Crippen molar-refractivity contribution in [2.45, 2.75) is 51.4 Å². The SMILES string of the molecule is S=C(SSCCCCCCSSC(=S)N1CCCC1)N1CCCC1. The predicted molar refractivity (Wildman–Crippen MR) is 125 cm³/mol. The van der Waals surface area contributed by atoms with Crippen molar-refractivity contribution in [1.29, 1.82) is 0 Å². The Morgan fingerprint density at radius 2 is 1.00 bits per heavy atom. The molecule has 0 amide bonds. The first-order valence-corrected chi connectivity index (χ1v) is 14.4. The molecule has 0 spiro atoms. The van der Waals surface area contributed by atoms with Gasteiger partial charge < -0.3 is 9.80 Å². The van der Waals surface area contributed by atoms with Gasteiger partial charge in [-0.2, -0.15) is 0 Å². The topological polar surface area (TPSA) is 6.48 Å². The van der Waals surface area contributed by atoms with Crippen molar-refractivity contribution in [2.24, 2.45) is 0 Å². The van der Waals surface area contributed by atoms with E-state index < -0.39 is 0 Å². The monoisotopic (exact) mass is 440 g/mol. The molecule has 2 fully saturated rings. The molecule has 0 bridgehead atoms. The Labute approximate surface area is 174 Å². The van der Waals surface area contributed by atoms with Gasteiger partial charge in [-0.1, -0.05) is 58.9 Å². The molecule has 0 aromatic carbocycles. The van der Waals surface area contributed by atoms with Gasteiger partial charge in [0, 0.05) is 37.7 Å². The van der Waals surface area contributed by atoms with Gasteiger partial charge in [-0.3, -0.25) is 0 Å². The van der Waals surface area contributed by atoms with Crippen LogP contribution in [0.25, 0.3) is 0 Å². The standard InChI is InChI=1S/C16H28N2S6/c19-15(17-9-3-4-10-17)23-21-13-7-1-2-8-14-22-24-16(20)18-11-5-6-12-18/h1-14H2. The molecule has 0 aliphatic carbocycles. The van der Waals surface area contributed by atoms with Gasteiger partial charge in [0.2, 0.25) is 0 Å². The molecule has 2 aliphatic rings. The number of likely N-dealkylation sites (tertiary alicyclic amines) is 2. The molecule has 24 heavy (non-hydrogen) atoms. The summed E-state index contributed by atoms with van der Waals surface area (Å²) >= 11 is 10.9. The van der Waals surface area contributed by atoms with Crippen LogP contribution in [0.5, 0.6) is 0 Å². The van der Waals surface area contributed by atoms with E-state index in [0.29, 0.717) is 0 Å². The van der Waals surface area contributed by atoms with Crippen LogP contribution in [-0.2, 0) is 0 Å². The molecule has 0 saturated carbocycles. The minimum atomic E-state index is 1.10. The molecule has 138 valence electrons. The number of hydrogen-bond acceptors (Lipinski definition) is 6. The van der Waals surface area contributed by atoms with Crippen molar-refractivity contribution in [3.05, 3.63) is 0 Å². The Balaban J connectivity index is 1.33. The molecule has 2 heterocycles. The molecule has 0 atom stereocenters. The molecule has 0 radical (unpaired) electrons. The molecular weight excluding hydrogens is 413 g/mol. The highest BCUT2D eigenvalue weighted by molar-refractivity contribution is 8.84. The smallest absolute Gasteiger partial charge is 0.147 e. The largest absolute Gasteiger partial charge is 0.357 e. The van der Waals surface area contributed by atoms with E-state index in [4.69, 9.17) is 24.4 Å². The lowest BCUT2D eigenvalue weighted by atomic mass is 10.2. The lowest BCUT2D eigenvalue weighted by Gasteiger charge is -2.16. The Hall–Kier alpha value is 1.18. The fourth-order valence-corrected chi connectivity index (χ4v) is 8.03. The van der Waals surface area contributed by atoms with E-state index in [0.717, 1.165) is 8.64 Å². The van der Waals surface area contributed by atoms with Crippen LogP contribution in [0.1, 0.15) is 51.4 Å². The molecule has 8 heteroatoms. The zero-order valence-electron chi connectivity index (χ0n) is 14.2. The minimum Gasteiger partial charge on any atom is -0.357 e. The van der Waals surface area contributed by atoms with Crippen LogP contribution in [0.15, 0.2) is 0 Å². The van der Waals surface area contributed by atoms with Crippen molar-refractivity contribution < 1.29 is 0 Å². The van der Waals surface area contributed by atoms with Crippen LogP contribution in [0.2, 0.25) is 0 Å². The number of nitrogens with zero attached hydrogens (tertiary/aromatic N) is 2. The lowest BCUT2D eigenvalue weighted by Crippen LogP contribution is -2.22. The first-order valence-electron chi connectivity index (χ1n) is 8.94. The quantitative estimate of drug-likeness (QED) is 0.239. The average molecular weight is 441 g/mol. The van der Waals surface area contributed by atoms with E-state index in [9.17, 15) is 0 Å². The van der Waals surface area contributed by atoms with E-state index in [1.807, 2.05) is 43.2 Å². The highest BCUT2D eigenvalue weighted by Gasteiger charge is 2.15. The third-order valence-electron chi connectivity index (χ3n) is 4.19. The summed E-state index contributed by atoms with van der Waals surface area (Å²) in [7, 11) is 7.49. The molecule has 0 unspecified atom stereocenters. The van der Waals surface area contributed by atoms with Gasteiger partial charge in [0.05, 0.1) is 0 Å². The summed E-state index contributed by atoms with van der Waals surface area (Å²) in [6, 6.07) is 0. The maximum absolute atomic E-state index is 5.47. The van der Waals surface area contributed by atoms with Crippen LogP contribution in [0.3, 0.4) is 0 Å². The summed E-state index contributed by atoms with van der Waals surface area (Å²) in [4.78, 5) is 4.71. The normalized spacial score (nSPS) is 17.7. The second-order valence-corrected chi connectivity index (χ2v) is 12.2. The van der Waals surface area contributed by atoms with Gasteiger partial charge in [-0.15, -0.1) is 0 Å². The number of hydrogen-bond donors (Lipinski definition) is 0. The predicted octanol–water partition coefficient (Wildman–Crippen LogP) is 6.07. The first kappa shape index (κ1) is 21.5. The Morgan fingerprint density at radius 3 is 1.38 bits per heavy atom. The summed E-state index contributed by atoms with van der Waals surface area (Å²) < 4.78 is 2.19. The zero-order chi connectivity index (χ0) is 17.0. The molecule has 0 aromatic rings. The fourth-order valence-electron chi connectivity index (χ4n) is 2.76. The first-order chi connectivity index (χ1) is 11.8. The van der Waals surface area contributed by atoms with E-state index in [1.165, 1.54) is 89.1 Å². The summed E-state index contributed by atoms with van der Waals surface area (Å²) in [5.41, 5.74) is 0. The van der Waals surface area contributed by atoms with Gasteiger partial charge in [-0.25, -0.2) is 0 Å². The summed E-state index contributed by atoms with van der Waals surface area (Å²) in [5.74, 6) is 2.44. The van der Waals surface area contributed by atoms with Crippen LogP contribution < -0.4 is 0 Å². The van der Waals surface area contributed by atoms with Crippen LogP contribution in [0, 0.1) is 0 Å². The number of rotatable bonds is 9. The lowest BCUT2D eigenvalue weighted by molar-refractivity contribution is 0.539. The zero-order valence-corrected chi connectivity index (χ0v) is 19.1. The van der Waals surface area contributed by atoms with E-state index >= 15 is 0 Å². The molecular formula is C16H28N2S6. The third-order valence-corrected chi connectivity index (χ3v) is 10.4. The minimum absolute atomic E-state index is 1.10. The molecule has 2 nitrogen and oxygen atoms in total. The van der Waals surface area contributed by atoms with Crippen LogP contribution in [-0.4, -0.2) is 56.1 Å². The van der Waals surface area contributed by atoms with Crippen molar-refractivity contribution in [3.63, 3.8) is 0 Å². The van der Waals surface area contributed by atoms with E-state index in [1.54, 1.807) is 0 Å². The molecule has 2 saturated heterocycles. The van der Waals surface area contributed by atoms with Crippen molar-refractivity contribution in [2.75, 3.05) is 37.7 Å². The van der Waals surface area contributed by atoms with Gasteiger partial charge in [0.25, 0.3) is 0 Å².